The van der Waals surface area contributed by atoms with Crippen molar-refractivity contribution in [2.24, 2.45) is 0 Å². The smallest absolute Gasteiger partial charge is 0.119 e. The summed E-state index contributed by atoms with van der Waals surface area (Å²) < 4.78 is 7.07. The third-order valence-electron chi connectivity index (χ3n) is 3.27. The van der Waals surface area contributed by atoms with Crippen LogP contribution in [0.15, 0.2) is 67.0 Å². The number of hydrogen-bond acceptors (Lipinski definition) is 3. The molecule has 0 bridgehead atoms. The van der Waals surface area contributed by atoms with Gasteiger partial charge in [0.25, 0.3) is 0 Å². The van der Waals surface area contributed by atoms with Gasteiger partial charge in [-0.3, -0.25) is 0 Å². The standard InChI is InChI=1S/C17H17N3O/c1-21-17-5-2-4-14(12-17)13-18-15-6-8-16(9-7-15)20-11-3-10-19-20/h2-12,18H,13H2,1H3. The summed E-state index contributed by atoms with van der Waals surface area (Å²) in [6.45, 7) is 0.762. The first-order valence-electron chi connectivity index (χ1n) is 6.82. The number of methoxy groups -OCH3 is 1. The Bertz CT molecular complexity index is 690. The molecule has 0 saturated heterocycles. The van der Waals surface area contributed by atoms with Gasteiger partial charge in [0.05, 0.1) is 12.8 Å². The summed E-state index contributed by atoms with van der Waals surface area (Å²) in [4.78, 5) is 0. The van der Waals surface area contributed by atoms with Crippen LogP contribution in [0.1, 0.15) is 5.56 Å². The summed E-state index contributed by atoms with van der Waals surface area (Å²) >= 11 is 0. The van der Waals surface area contributed by atoms with Crippen LogP contribution in [-0.4, -0.2) is 16.9 Å². The molecule has 1 heterocycles. The average Bonchev–Trinajstić information content (AvgIpc) is 3.08. The highest BCUT2D eigenvalue weighted by atomic mass is 16.5. The van der Waals surface area contributed by atoms with E-state index in [0.717, 1.165) is 23.7 Å². The van der Waals surface area contributed by atoms with E-state index < -0.39 is 0 Å². The molecule has 0 aliphatic heterocycles. The van der Waals surface area contributed by atoms with E-state index in [2.05, 4.69) is 28.6 Å². The minimum absolute atomic E-state index is 0.762. The number of rotatable bonds is 5. The molecule has 0 spiro atoms. The molecule has 1 aromatic heterocycles. The maximum atomic E-state index is 5.23. The van der Waals surface area contributed by atoms with Gasteiger partial charge in [0, 0.05) is 24.6 Å². The number of nitrogens with one attached hydrogen (secondary N) is 1. The van der Waals surface area contributed by atoms with Crippen molar-refractivity contribution in [2.45, 2.75) is 6.54 Å². The second-order valence-corrected chi connectivity index (χ2v) is 4.70. The number of nitrogens with zero attached hydrogens (tertiary/aromatic N) is 2. The largest absolute Gasteiger partial charge is 0.497 e. The van der Waals surface area contributed by atoms with Crippen molar-refractivity contribution in [1.82, 2.24) is 9.78 Å². The third-order valence-corrected chi connectivity index (χ3v) is 3.27. The molecule has 0 aliphatic rings. The molecule has 0 unspecified atom stereocenters. The summed E-state index contributed by atoms with van der Waals surface area (Å²) in [6, 6.07) is 18.2. The lowest BCUT2D eigenvalue weighted by Gasteiger charge is -2.09. The molecule has 4 heteroatoms. The predicted octanol–water partition coefficient (Wildman–Crippen LogP) is 3.49. The van der Waals surface area contributed by atoms with E-state index in [1.807, 2.05) is 47.3 Å². The molecule has 0 fully saturated rings. The van der Waals surface area contributed by atoms with Crippen molar-refractivity contribution in [3.8, 4) is 11.4 Å². The normalized spacial score (nSPS) is 10.3. The number of ether oxygens (including phenoxy) is 1. The number of aromatic nitrogens is 2. The fraction of sp³-hybridized carbons (Fsp3) is 0.118. The van der Waals surface area contributed by atoms with Crippen molar-refractivity contribution in [3.05, 3.63) is 72.6 Å². The van der Waals surface area contributed by atoms with E-state index in [1.165, 1.54) is 5.56 Å². The van der Waals surface area contributed by atoms with Crippen LogP contribution in [-0.2, 0) is 6.54 Å². The van der Waals surface area contributed by atoms with Gasteiger partial charge in [0.1, 0.15) is 5.75 Å². The monoisotopic (exact) mass is 279 g/mol. The van der Waals surface area contributed by atoms with E-state index in [-0.39, 0.29) is 0 Å². The zero-order chi connectivity index (χ0) is 14.5. The number of hydrogen-bond donors (Lipinski definition) is 1. The van der Waals surface area contributed by atoms with E-state index in [0.29, 0.717) is 0 Å². The van der Waals surface area contributed by atoms with Gasteiger partial charge < -0.3 is 10.1 Å². The molecule has 0 atom stereocenters. The Hall–Kier alpha value is -2.75. The van der Waals surface area contributed by atoms with Crippen LogP contribution in [0.4, 0.5) is 5.69 Å². The first kappa shape index (κ1) is 13.2. The molecule has 3 rings (SSSR count). The van der Waals surface area contributed by atoms with Crippen molar-refractivity contribution >= 4 is 5.69 Å². The molecular formula is C17H17N3O. The second-order valence-electron chi connectivity index (χ2n) is 4.70. The van der Waals surface area contributed by atoms with Gasteiger partial charge in [0.15, 0.2) is 0 Å². The molecule has 0 aliphatic carbocycles. The molecule has 0 saturated carbocycles. The molecule has 1 N–H and O–H groups in total. The molecule has 4 nitrogen and oxygen atoms in total. The first-order chi connectivity index (χ1) is 10.3. The maximum Gasteiger partial charge on any atom is 0.119 e. The zero-order valence-corrected chi connectivity index (χ0v) is 11.9. The summed E-state index contributed by atoms with van der Waals surface area (Å²) in [5.41, 5.74) is 3.31. The average molecular weight is 279 g/mol. The minimum atomic E-state index is 0.762. The second kappa shape index (κ2) is 6.13. The van der Waals surface area contributed by atoms with Crippen molar-refractivity contribution < 1.29 is 4.74 Å². The van der Waals surface area contributed by atoms with Crippen LogP contribution in [0, 0.1) is 0 Å². The number of benzene rings is 2. The van der Waals surface area contributed by atoms with Gasteiger partial charge in [-0.2, -0.15) is 5.10 Å². The Kier molecular flexibility index (Phi) is 3.87. The van der Waals surface area contributed by atoms with E-state index >= 15 is 0 Å². The molecule has 2 aromatic carbocycles. The van der Waals surface area contributed by atoms with E-state index in [4.69, 9.17) is 4.74 Å². The highest BCUT2D eigenvalue weighted by Crippen LogP contribution is 2.16. The van der Waals surface area contributed by atoms with Gasteiger partial charge in [-0.25, -0.2) is 4.68 Å². The van der Waals surface area contributed by atoms with Crippen LogP contribution < -0.4 is 10.1 Å². The fourth-order valence-electron chi connectivity index (χ4n) is 2.14. The Morgan fingerprint density at radius 1 is 1.10 bits per heavy atom. The topological polar surface area (TPSA) is 39.1 Å². The molecule has 0 amide bonds. The van der Waals surface area contributed by atoms with Crippen LogP contribution >= 0.6 is 0 Å². The van der Waals surface area contributed by atoms with E-state index in [9.17, 15) is 0 Å². The maximum absolute atomic E-state index is 5.23. The van der Waals surface area contributed by atoms with Gasteiger partial charge >= 0.3 is 0 Å². The van der Waals surface area contributed by atoms with Gasteiger partial charge in [-0.1, -0.05) is 12.1 Å². The number of anilines is 1. The molecule has 0 radical (unpaired) electrons. The van der Waals surface area contributed by atoms with Crippen LogP contribution in [0.25, 0.3) is 5.69 Å². The first-order valence-corrected chi connectivity index (χ1v) is 6.82. The molecular weight excluding hydrogens is 262 g/mol. The summed E-state index contributed by atoms with van der Waals surface area (Å²) in [5, 5.41) is 7.61. The predicted molar refractivity (Wildman–Crippen MR) is 83.9 cm³/mol. The van der Waals surface area contributed by atoms with E-state index in [1.54, 1.807) is 13.3 Å². The molecule has 3 aromatic rings. The Morgan fingerprint density at radius 2 is 1.95 bits per heavy atom. The van der Waals surface area contributed by atoms with Crippen molar-refractivity contribution in [1.29, 1.82) is 0 Å². The lowest BCUT2D eigenvalue weighted by molar-refractivity contribution is 0.414. The summed E-state index contributed by atoms with van der Waals surface area (Å²) in [6.07, 6.45) is 3.70. The zero-order valence-electron chi connectivity index (χ0n) is 11.9. The molecule has 21 heavy (non-hydrogen) atoms. The minimum Gasteiger partial charge on any atom is -0.497 e. The van der Waals surface area contributed by atoms with Gasteiger partial charge in [-0.05, 0) is 48.0 Å². The van der Waals surface area contributed by atoms with Crippen molar-refractivity contribution in [2.75, 3.05) is 12.4 Å². The lowest BCUT2D eigenvalue weighted by atomic mass is 10.2. The van der Waals surface area contributed by atoms with Crippen LogP contribution in [0.3, 0.4) is 0 Å². The highest BCUT2D eigenvalue weighted by Gasteiger charge is 1.98. The fourth-order valence-corrected chi connectivity index (χ4v) is 2.14. The summed E-state index contributed by atoms with van der Waals surface area (Å²) in [7, 11) is 1.68. The summed E-state index contributed by atoms with van der Waals surface area (Å²) in [5.74, 6) is 0.878. The SMILES string of the molecule is COc1cccc(CNc2ccc(-n3cccn3)cc2)c1. The van der Waals surface area contributed by atoms with Gasteiger partial charge in [0.2, 0.25) is 0 Å². The van der Waals surface area contributed by atoms with Crippen molar-refractivity contribution in [3.63, 3.8) is 0 Å². The lowest BCUT2D eigenvalue weighted by Crippen LogP contribution is -2.00. The quantitative estimate of drug-likeness (QED) is 0.777. The Morgan fingerprint density at radius 3 is 2.67 bits per heavy atom. The Balaban J connectivity index is 1.65. The van der Waals surface area contributed by atoms with Crippen LogP contribution in [0.5, 0.6) is 5.75 Å². The third kappa shape index (κ3) is 3.23. The molecule has 106 valence electrons. The van der Waals surface area contributed by atoms with Crippen LogP contribution in [0.2, 0.25) is 0 Å². The highest BCUT2D eigenvalue weighted by molar-refractivity contribution is 5.49. The van der Waals surface area contributed by atoms with Gasteiger partial charge in [-0.15, -0.1) is 0 Å². The Labute approximate surface area is 124 Å².